The van der Waals surface area contributed by atoms with Gasteiger partial charge in [0.1, 0.15) is 0 Å². The van der Waals surface area contributed by atoms with E-state index in [0.717, 1.165) is 35.5 Å². The Morgan fingerprint density at radius 2 is 1.45 bits per heavy atom. The van der Waals surface area contributed by atoms with Crippen LogP contribution in [0.5, 0.6) is 0 Å². The van der Waals surface area contributed by atoms with Crippen molar-refractivity contribution in [2.45, 2.75) is 19.0 Å². The van der Waals surface area contributed by atoms with Crippen molar-refractivity contribution in [3.05, 3.63) is 120 Å². The largest absolute Gasteiger partial charge is 0.416 e. The number of aromatic nitrogens is 3. The fourth-order valence-corrected chi connectivity index (χ4v) is 4.48. The number of nitrogens with one attached hydrogen (secondary N) is 2. The van der Waals surface area contributed by atoms with Gasteiger partial charge >= 0.3 is 6.18 Å². The Morgan fingerprint density at radius 1 is 0.841 bits per heavy atom. The van der Waals surface area contributed by atoms with Crippen LogP contribution in [0.25, 0.3) is 28.1 Å². The second-order valence-electron chi connectivity index (χ2n) is 9.72. The van der Waals surface area contributed by atoms with Crippen molar-refractivity contribution >= 4 is 17.5 Å². The van der Waals surface area contributed by atoms with Gasteiger partial charge in [-0.1, -0.05) is 36.4 Å². The van der Waals surface area contributed by atoms with Gasteiger partial charge in [0.25, 0.3) is 5.91 Å². The molecule has 12 heteroatoms. The lowest BCUT2D eigenvalue weighted by Gasteiger charge is -2.11. The van der Waals surface area contributed by atoms with E-state index >= 15 is 0 Å². The number of pyridine rings is 1. The van der Waals surface area contributed by atoms with Crippen molar-refractivity contribution in [2.24, 2.45) is 0 Å². The summed E-state index contributed by atoms with van der Waals surface area (Å²) < 4.78 is 68.0. The maximum atomic E-state index is 14.0. The highest BCUT2D eigenvalue weighted by molar-refractivity contribution is 6.04. The molecule has 3 aromatic carbocycles. The monoisotopic (exact) mass is 605 g/mol. The van der Waals surface area contributed by atoms with Gasteiger partial charge in [-0.3, -0.25) is 9.59 Å². The summed E-state index contributed by atoms with van der Waals surface area (Å²) in [6.45, 7) is 0. The minimum absolute atomic E-state index is 0.146. The molecule has 0 aliphatic carbocycles. The molecule has 0 saturated heterocycles. The van der Waals surface area contributed by atoms with Crippen molar-refractivity contribution in [1.29, 1.82) is 0 Å². The number of benzene rings is 3. The number of hydrogen-bond donors (Lipinski definition) is 2. The number of anilines is 1. The highest BCUT2D eigenvalue weighted by Gasteiger charge is 2.30. The molecule has 44 heavy (non-hydrogen) atoms. The van der Waals surface area contributed by atoms with Gasteiger partial charge in [-0.25, -0.2) is 14.1 Å². The Kier molecular flexibility index (Phi) is 8.52. The Bertz CT molecular complexity index is 1800. The highest BCUT2D eigenvalue weighted by Crippen LogP contribution is 2.32. The average molecular weight is 606 g/mol. The molecule has 2 aromatic heterocycles. The summed E-state index contributed by atoms with van der Waals surface area (Å²) >= 11 is 0. The van der Waals surface area contributed by atoms with Gasteiger partial charge in [-0.15, -0.1) is 0 Å². The quantitative estimate of drug-likeness (QED) is 0.150. The normalized spacial score (nSPS) is 11.3. The first kappa shape index (κ1) is 30.1. The fraction of sp³-hybridized carbons (Fsp3) is 0.125. The lowest BCUT2D eigenvalue weighted by Crippen LogP contribution is -2.18. The summed E-state index contributed by atoms with van der Waals surface area (Å²) in [7, 11) is 1.55. The summed E-state index contributed by atoms with van der Waals surface area (Å²) in [5.74, 6) is -3.72. The first-order chi connectivity index (χ1) is 21.0. The van der Waals surface area contributed by atoms with Crippen LogP contribution in [-0.2, 0) is 17.4 Å². The molecule has 224 valence electrons. The summed E-state index contributed by atoms with van der Waals surface area (Å²) in [6.07, 6.45) is -2.84. The van der Waals surface area contributed by atoms with Crippen LogP contribution in [0.3, 0.4) is 0 Å². The van der Waals surface area contributed by atoms with E-state index in [2.05, 4.69) is 20.7 Å². The number of alkyl halides is 3. The highest BCUT2D eigenvalue weighted by atomic mass is 19.4. The van der Waals surface area contributed by atoms with Gasteiger partial charge in [0, 0.05) is 37.3 Å². The number of amides is 2. The molecule has 0 aliphatic rings. The second-order valence-corrected chi connectivity index (χ2v) is 9.72. The molecule has 0 radical (unpaired) electrons. The molecule has 0 aliphatic heterocycles. The molecular weight excluding hydrogens is 581 g/mol. The molecular formula is C32H24F5N5O2. The van der Waals surface area contributed by atoms with E-state index < -0.39 is 35.0 Å². The minimum atomic E-state index is -4.42. The number of hydrogen-bond acceptors (Lipinski definition) is 4. The zero-order chi connectivity index (χ0) is 31.4. The Labute approximate surface area is 248 Å². The summed E-state index contributed by atoms with van der Waals surface area (Å²) in [5, 5.41) is 9.78. The first-order valence-electron chi connectivity index (χ1n) is 13.3. The third-order valence-electron chi connectivity index (χ3n) is 6.83. The van der Waals surface area contributed by atoms with Gasteiger partial charge in [0.2, 0.25) is 11.9 Å². The van der Waals surface area contributed by atoms with Gasteiger partial charge in [-0.05, 0) is 59.7 Å². The smallest absolute Gasteiger partial charge is 0.359 e. The Hall–Kier alpha value is -5.39. The fourth-order valence-electron chi connectivity index (χ4n) is 4.48. The third kappa shape index (κ3) is 6.64. The number of aryl methyl sites for hydroxylation is 1. The number of nitrogens with zero attached hydrogens (tertiary/aromatic N) is 3. The molecule has 2 heterocycles. The van der Waals surface area contributed by atoms with E-state index in [1.807, 2.05) is 18.2 Å². The van der Waals surface area contributed by atoms with Gasteiger partial charge < -0.3 is 10.6 Å². The predicted octanol–water partition coefficient (Wildman–Crippen LogP) is 6.83. The lowest BCUT2D eigenvalue weighted by molar-refractivity contribution is -0.137. The molecule has 2 N–H and O–H groups in total. The van der Waals surface area contributed by atoms with E-state index in [0.29, 0.717) is 34.7 Å². The summed E-state index contributed by atoms with van der Waals surface area (Å²) in [6, 6.07) is 21.5. The Morgan fingerprint density at radius 3 is 2.07 bits per heavy atom. The molecule has 0 fully saturated rings. The zero-order valence-corrected chi connectivity index (χ0v) is 23.1. The molecule has 0 saturated carbocycles. The second kappa shape index (κ2) is 12.5. The van der Waals surface area contributed by atoms with Gasteiger partial charge in [0.05, 0.1) is 28.2 Å². The van der Waals surface area contributed by atoms with Crippen molar-refractivity contribution in [2.75, 3.05) is 12.4 Å². The van der Waals surface area contributed by atoms with E-state index in [1.54, 1.807) is 48.1 Å². The molecule has 5 aromatic rings. The number of carbonyl (C=O) groups excluding carboxylic acids is 2. The van der Waals surface area contributed by atoms with Crippen LogP contribution in [-0.4, -0.2) is 33.6 Å². The molecule has 2 amide bonds. The molecule has 7 nitrogen and oxygen atoms in total. The maximum absolute atomic E-state index is 14.0. The molecule has 0 spiro atoms. The SMILES string of the molecule is CNC(=O)CCc1cc(-c2ccc(-c3ccc(C(F)(F)F)cc3)cc2)n(-c2ccc(NC(=O)c3ccnc(F)c3F)cc2)n1. The van der Waals surface area contributed by atoms with Crippen molar-refractivity contribution in [3.8, 4) is 28.1 Å². The number of rotatable bonds is 8. The van der Waals surface area contributed by atoms with Crippen LogP contribution in [0, 0.1) is 11.8 Å². The van der Waals surface area contributed by atoms with E-state index in [-0.39, 0.29) is 12.3 Å². The van der Waals surface area contributed by atoms with E-state index in [1.165, 1.54) is 12.1 Å². The standard InChI is InChI=1S/C32H24F5N5O2/c1-38-28(43)15-12-24-18-27(21-4-2-19(3-5-21)20-6-8-22(9-7-20)32(35,36)37)42(41-24)25-13-10-23(11-14-25)40-31(44)26-16-17-39-30(34)29(26)33/h2-11,13-14,16-18H,12,15H2,1H3,(H,38,43)(H,40,44). The summed E-state index contributed by atoms with van der Waals surface area (Å²) in [5.41, 5.74) is 3.14. The van der Waals surface area contributed by atoms with Crippen LogP contribution in [0.2, 0.25) is 0 Å². The van der Waals surface area contributed by atoms with Crippen LogP contribution in [0.4, 0.5) is 27.6 Å². The maximum Gasteiger partial charge on any atom is 0.416 e. The van der Waals surface area contributed by atoms with E-state index in [9.17, 15) is 31.5 Å². The van der Waals surface area contributed by atoms with Crippen LogP contribution < -0.4 is 10.6 Å². The Balaban J connectivity index is 1.42. The number of carbonyl (C=O) groups is 2. The number of halogens is 5. The average Bonchev–Trinajstić information content (AvgIpc) is 3.45. The van der Waals surface area contributed by atoms with Crippen molar-refractivity contribution < 1.29 is 31.5 Å². The van der Waals surface area contributed by atoms with Crippen molar-refractivity contribution in [3.63, 3.8) is 0 Å². The van der Waals surface area contributed by atoms with Crippen LogP contribution in [0.1, 0.15) is 28.0 Å². The van der Waals surface area contributed by atoms with Crippen LogP contribution in [0.15, 0.2) is 91.1 Å². The summed E-state index contributed by atoms with van der Waals surface area (Å²) in [4.78, 5) is 27.5. The predicted molar refractivity (Wildman–Crippen MR) is 154 cm³/mol. The van der Waals surface area contributed by atoms with Gasteiger partial charge in [0.15, 0.2) is 5.82 Å². The van der Waals surface area contributed by atoms with Crippen molar-refractivity contribution in [1.82, 2.24) is 20.1 Å². The van der Waals surface area contributed by atoms with Crippen LogP contribution >= 0.6 is 0 Å². The lowest BCUT2D eigenvalue weighted by atomic mass is 10.0. The first-order valence-corrected chi connectivity index (χ1v) is 13.3. The topological polar surface area (TPSA) is 88.9 Å². The molecule has 0 atom stereocenters. The molecule has 0 bridgehead atoms. The zero-order valence-electron chi connectivity index (χ0n) is 23.1. The third-order valence-corrected chi connectivity index (χ3v) is 6.83. The molecule has 5 rings (SSSR count). The minimum Gasteiger partial charge on any atom is -0.359 e. The molecule has 0 unspecified atom stereocenters. The van der Waals surface area contributed by atoms with E-state index in [4.69, 9.17) is 0 Å². The van der Waals surface area contributed by atoms with Gasteiger partial charge in [-0.2, -0.15) is 22.7 Å².